The van der Waals surface area contributed by atoms with Gasteiger partial charge in [0, 0.05) is 20.1 Å². The minimum Gasteiger partial charge on any atom is -0.353 e. The summed E-state index contributed by atoms with van der Waals surface area (Å²) in [5, 5.41) is 2.77. The number of hydrogen-bond donors (Lipinski definition) is 1. The molecular weight excluding hydrogens is 220 g/mol. The quantitative estimate of drug-likeness (QED) is 0.771. The second-order valence-corrected chi connectivity index (χ2v) is 4.10. The molecule has 1 aliphatic heterocycles. The van der Waals surface area contributed by atoms with Crippen LogP contribution in [0.4, 0.5) is 0 Å². The Balaban J connectivity index is 2.24. The summed E-state index contributed by atoms with van der Waals surface area (Å²) < 4.78 is 1.67. The third kappa shape index (κ3) is 2.02. The molecule has 0 bridgehead atoms. The van der Waals surface area contributed by atoms with Gasteiger partial charge in [0.1, 0.15) is 11.7 Å². The fourth-order valence-electron chi connectivity index (χ4n) is 2.07. The Morgan fingerprint density at radius 1 is 1.65 bits per heavy atom. The second-order valence-electron chi connectivity index (χ2n) is 4.10. The van der Waals surface area contributed by atoms with E-state index in [4.69, 9.17) is 0 Å². The highest BCUT2D eigenvalue weighted by Gasteiger charge is 2.32. The van der Waals surface area contributed by atoms with Crippen molar-refractivity contribution in [2.45, 2.75) is 19.4 Å². The topological polar surface area (TPSA) is 67.2 Å². The SMILES string of the molecule is CCC1C(=O)NCCN1C(=O)c1cncn1C. The molecule has 1 aromatic heterocycles. The van der Waals surface area contributed by atoms with E-state index < -0.39 is 0 Å². The molecule has 6 heteroatoms. The van der Waals surface area contributed by atoms with E-state index in [2.05, 4.69) is 10.3 Å². The van der Waals surface area contributed by atoms with Crippen molar-refractivity contribution in [2.75, 3.05) is 13.1 Å². The summed E-state index contributed by atoms with van der Waals surface area (Å²) in [4.78, 5) is 29.5. The van der Waals surface area contributed by atoms with E-state index >= 15 is 0 Å². The molecule has 0 saturated carbocycles. The van der Waals surface area contributed by atoms with Crippen molar-refractivity contribution in [1.29, 1.82) is 0 Å². The minimum absolute atomic E-state index is 0.0748. The number of imidazole rings is 1. The van der Waals surface area contributed by atoms with Crippen LogP contribution in [0, 0.1) is 0 Å². The summed E-state index contributed by atoms with van der Waals surface area (Å²) >= 11 is 0. The van der Waals surface area contributed by atoms with Gasteiger partial charge in [-0.3, -0.25) is 9.59 Å². The molecule has 92 valence electrons. The molecule has 0 radical (unpaired) electrons. The van der Waals surface area contributed by atoms with E-state index in [9.17, 15) is 9.59 Å². The van der Waals surface area contributed by atoms with Gasteiger partial charge in [-0.2, -0.15) is 0 Å². The van der Waals surface area contributed by atoms with Gasteiger partial charge in [-0.1, -0.05) is 6.92 Å². The maximum absolute atomic E-state index is 12.3. The molecule has 2 rings (SSSR count). The van der Waals surface area contributed by atoms with Crippen molar-refractivity contribution in [1.82, 2.24) is 19.8 Å². The number of piperazine rings is 1. The number of aromatic nitrogens is 2. The van der Waals surface area contributed by atoms with Gasteiger partial charge >= 0.3 is 0 Å². The lowest BCUT2D eigenvalue weighted by atomic mass is 10.1. The Morgan fingerprint density at radius 3 is 3.00 bits per heavy atom. The molecule has 1 unspecified atom stereocenters. The smallest absolute Gasteiger partial charge is 0.272 e. The van der Waals surface area contributed by atoms with Gasteiger partial charge in [-0.25, -0.2) is 4.98 Å². The van der Waals surface area contributed by atoms with Gasteiger partial charge in [0.05, 0.1) is 12.5 Å². The molecule has 1 N–H and O–H groups in total. The number of rotatable bonds is 2. The van der Waals surface area contributed by atoms with Crippen molar-refractivity contribution in [3.05, 3.63) is 18.2 Å². The summed E-state index contributed by atoms with van der Waals surface area (Å²) in [7, 11) is 1.77. The summed E-state index contributed by atoms with van der Waals surface area (Å²) in [6.07, 6.45) is 3.73. The zero-order chi connectivity index (χ0) is 12.4. The fourth-order valence-corrected chi connectivity index (χ4v) is 2.07. The maximum atomic E-state index is 12.3. The molecule has 1 fully saturated rings. The maximum Gasteiger partial charge on any atom is 0.272 e. The zero-order valence-corrected chi connectivity index (χ0v) is 10.0. The zero-order valence-electron chi connectivity index (χ0n) is 10.0. The van der Waals surface area contributed by atoms with Crippen LogP contribution in [0.25, 0.3) is 0 Å². The van der Waals surface area contributed by atoms with Gasteiger partial charge in [-0.15, -0.1) is 0 Å². The Hall–Kier alpha value is -1.85. The number of nitrogens with zero attached hydrogens (tertiary/aromatic N) is 3. The average molecular weight is 236 g/mol. The van der Waals surface area contributed by atoms with Gasteiger partial charge in [0.2, 0.25) is 5.91 Å². The molecule has 2 heterocycles. The van der Waals surface area contributed by atoms with Crippen molar-refractivity contribution >= 4 is 11.8 Å². The van der Waals surface area contributed by atoms with Gasteiger partial charge in [0.25, 0.3) is 5.91 Å². The Morgan fingerprint density at radius 2 is 2.41 bits per heavy atom. The summed E-state index contributed by atoms with van der Waals surface area (Å²) in [5.74, 6) is -0.207. The van der Waals surface area contributed by atoms with Crippen LogP contribution in [0.15, 0.2) is 12.5 Å². The van der Waals surface area contributed by atoms with Crippen LogP contribution in [-0.4, -0.2) is 45.4 Å². The second kappa shape index (κ2) is 4.57. The molecule has 1 aromatic rings. The van der Waals surface area contributed by atoms with Crippen LogP contribution in [0.2, 0.25) is 0 Å². The number of nitrogens with one attached hydrogen (secondary N) is 1. The lowest BCUT2D eigenvalue weighted by molar-refractivity contribution is -0.127. The first-order chi connectivity index (χ1) is 8.15. The number of carbonyl (C=O) groups excluding carboxylic acids is 2. The Kier molecular flexibility index (Phi) is 3.12. The molecule has 6 nitrogen and oxygen atoms in total. The molecule has 1 saturated heterocycles. The molecule has 1 atom stereocenters. The van der Waals surface area contributed by atoms with Crippen molar-refractivity contribution in [3.63, 3.8) is 0 Å². The van der Waals surface area contributed by atoms with Crippen molar-refractivity contribution < 1.29 is 9.59 Å². The molecule has 2 amide bonds. The standard InChI is InChI=1S/C11H16N4O2/c1-3-8-10(16)13-4-5-15(8)11(17)9-6-12-7-14(9)2/h6-8H,3-5H2,1-2H3,(H,13,16). The van der Waals surface area contributed by atoms with Crippen LogP contribution >= 0.6 is 0 Å². The largest absolute Gasteiger partial charge is 0.353 e. The van der Waals surface area contributed by atoms with E-state index in [0.29, 0.717) is 25.2 Å². The number of carbonyl (C=O) groups is 2. The first-order valence-corrected chi connectivity index (χ1v) is 5.70. The highest BCUT2D eigenvalue weighted by molar-refractivity contribution is 5.96. The summed E-state index contributed by atoms with van der Waals surface area (Å²) in [5.41, 5.74) is 0.512. The molecule has 0 aromatic carbocycles. The Labute approximate surface area is 99.6 Å². The molecule has 0 aliphatic carbocycles. The van der Waals surface area contributed by atoms with Crippen molar-refractivity contribution in [2.24, 2.45) is 7.05 Å². The number of aryl methyl sites for hydroxylation is 1. The third-order valence-electron chi connectivity index (χ3n) is 3.01. The van der Waals surface area contributed by atoms with Crippen LogP contribution in [0.1, 0.15) is 23.8 Å². The van der Waals surface area contributed by atoms with Crippen LogP contribution in [0.5, 0.6) is 0 Å². The monoisotopic (exact) mass is 236 g/mol. The van der Waals surface area contributed by atoms with Gasteiger partial charge in [0.15, 0.2) is 0 Å². The average Bonchev–Trinajstić information content (AvgIpc) is 2.74. The fraction of sp³-hybridized carbons (Fsp3) is 0.545. The van der Waals surface area contributed by atoms with Gasteiger partial charge in [-0.05, 0) is 6.42 Å². The summed E-state index contributed by atoms with van der Waals surface area (Å²) in [6.45, 7) is 2.96. The Bertz CT molecular complexity index is 440. The molecular formula is C11H16N4O2. The highest BCUT2D eigenvalue weighted by atomic mass is 16.2. The minimum atomic E-state index is -0.369. The molecule has 1 aliphatic rings. The predicted molar refractivity (Wildman–Crippen MR) is 61.3 cm³/mol. The van der Waals surface area contributed by atoms with E-state index in [1.54, 1.807) is 22.8 Å². The summed E-state index contributed by atoms with van der Waals surface area (Å²) in [6, 6.07) is -0.369. The van der Waals surface area contributed by atoms with Gasteiger partial charge < -0.3 is 14.8 Å². The van der Waals surface area contributed by atoms with E-state index in [0.717, 1.165) is 0 Å². The lowest BCUT2D eigenvalue weighted by Crippen LogP contribution is -2.57. The number of hydrogen-bond acceptors (Lipinski definition) is 3. The number of amides is 2. The molecule has 17 heavy (non-hydrogen) atoms. The van der Waals surface area contributed by atoms with E-state index in [1.165, 1.54) is 6.20 Å². The highest BCUT2D eigenvalue weighted by Crippen LogP contribution is 2.12. The lowest BCUT2D eigenvalue weighted by Gasteiger charge is -2.34. The van der Waals surface area contributed by atoms with Crippen LogP contribution < -0.4 is 5.32 Å². The molecule has 0 spiro atoms. The van der Waals surface area contributed by atoms with E-state index in [1.807, 2.05) is 6.92 Å². The van der Waals surface area contributed by atoms with Crippen LogP contribution in [-0.2, 0) is 11.8 Å². The van der Waals surface area contributed by atoms with Crippen molar-refractivity contribution in [3.8, 4) is 0 Å². The van der Waals surface area contributed by atoms with E-state index in [-0.39, 0.29) is 17.9 Å². The third-order valence-corrected chi connectivity index (χ3v) is 3.01. The van der Waals surface area contributed by atoms with Crippen LogP contribution in [0.3, 0.4) is 0 Å². The first-order valence-electron chi connectivity index (χ1n) is 5.70. The predicted octanol–water partition coefficient (Wildman–Crippen LogP) is -0.229. The first kappa shape index (κ1) is 11.6. The normalized spacial score (nSPS) is 20.2.